The lowest BCUT2D eigenvalue weighted by atomic mass is 9.83. The Bertz CT molecular complexity index is 712. The fourth-order valence-corrected chi connectivity index (χ4v) is 2.45. The van der Waals surface area contributed by atoms with E-state index in [0.29, 0.717) is 13.8 Å². The van der Waals surface area contributed by atoms with E-state index in [9.17, 15) is 45.5 Å². The first-order chi connectivity index (χ1) is 11.5. The van der Waals surface area contributed by atoms with Crippen LogP contribution in [0.4, 0.5) is 26.3 Å². The number of carboxylic acid groups (broad SMARTS) is 2. The second kappa shape index (κ2) is 6.42. The van der Waals surface area contributed by atoms with Crippen LogP contribution < -0.4 is 0 Å². The number of benzene rings is 1. The van der Waals surface area contributed by atoms with E-state index in [0.717, 1.165) is 0 Å². The molecule has 0 radical (unpaired) electrons. The van der Waals surface area contributed by atoms with Crippen LogP contribution in [0.25, 0.3) is 0 Å². The molecule has 0 fully saturated rings. The van der Waals surface area contributed by atoms with Gasteiger partial charge in [0.2, 0.25) is 0 Å². The Morgan fingerprint density at radius 1 is 0.615 bits per heavy atom. The Hall–Kier alpha value is -2.92. The zero-order chi connectivity index (χ0) is 20.8. The molecule has 0 spiro atoms. The number of carbonyl (C=O) groups excluding carboxylic acids is 2. The van der Waals surface area contributed by atoms with Crippen molar-refractivity contribution in [2.75, 3.05) is 0 Å². The van der Waals surface area contributed by atoms with Gasteiger partial charge >= 0.3 is 24.3 Å². The molecule has 0 aliphatic carbocycles. The molecule has 2 N–H and O–H groups in total. The van der Waals surface area contributed by atoms with Crippen LogP contribution in [0, 0.1) is 0 Å². The maximum Gasteiger partial charge on any atom is 0.418 e. The van der Waals surface area contributed by atoms with E-state index >= 15 is 0 Å². The number of aromatic carboxylic acids is 2. The lowest BCUT2D eigenvalue weighted by Crippen LogP contribution is -2.29. The average molecular weight is 386 g/mol. The minimum absolute atomic E-state index is 0.363. The molecule has 6 nitrogen and oxygen atoms in total. The summed E-state index contributed by atoms with van der Waals surface area (Å²) in [6, 6.07) is 0. The van der Waals surface area contributed by atoms with Crippen LogP contribution in [0.2, 0.25) is 0 Å². The fourth-order valence-electron chi connectivity index (χ4n) is 2.45. The van der Waals surface area contributed by atoms with E-state index in [1.807, 2.05) is 0 Å². The molecule has 1 aromatic carbocycles. The number of hydrogen-bond donors (Lipinski definition) is 2. The van der Waals surface area contributed by atoms with E-state index in [4.69, 9.17) is 10.2 Å². The minimum atomic E-state index is -5.78. The van der Waals surface area contributed by atoms with Crippen molar-refractivity contribution in [2.45, 2.75) is 26.2 Å². The molecule has 12 heteroatoms. The number of halogens is 6. The summed E-state index contributed by atoms with van der Waals surface area (Å²) in [5, 5.41) is 18.0. The van der Waals surface area contributed by atoms with Gasteiger partial charge in [-0.15, -0.1) is 0 Å². The molecule has 0 heterocycles. The normalized spacial score (nSPS) is 12.0. The summed E-state index contributed by atoms with van der Waals surface area (Å²) < 4.78 is 80.1. The summed E-state index contributed by atoms with van der Waals surface area (Å²) in [5.41, 5.74) is -13.1. The van der Waals surface area contributed by atoms with Crippen LogP contribution >= 0.6 is 0 Å². The monoisotopic (exact) mass is 386 g/mol. The molecule has 0 aromatic heterocycles. The van der Waals surface area contributed by atoms with Crippen LogP contribution in [0.1, 0.15) is 66.4 Å². The van der Waals surface area contributed by atoms with Crippen LogP contribution in [-0.2, 0) is 12.4 Å². The van der Waals surface area contributed by atoms with Crippen LogP contribution in [-0.4, -0.2) is 33.7 Å². The molecule has 0 saturated heterocycles. The summed E-state index contributed by atoms with van der Waals surface area (Å²) >= 11 is 0. The highest BCUT2D eigenvalue weighted by Gasteiger charge is 2.50. The van der Waals surface area contributed by atoms with Gasteiger partial charge in [-0.3, -0.25) is 9.59 Å². The van der Waals surface area contributed by atoms with Crippen molar-refractivity contribution >= 4 is 23.5 Å². The van der Waals surface area contributed by atoms with Crippen molar-refractivity contribution in [1.29, 1.82) is 0 Å². The Morgan fingerprint density at radius 2 is 0.846 bits per heavy atom. The Balaban J connectivity index is 4.61. The smallest absolute Gasteiger partial charge is 0.418 e. The van der Waals surface area contributed by atoms with Crippen molar-refractivity contribution in [3.05, 3.63) is 33.4 Å². The lowest BCUT2D eigenvalue weighted by molar-refractivity contribution is -0.142. The zero-order valence-corrected chi connectivity index (χ0v) is 12.8. The van der Waals surface area contributed by atoms with Crippen LogP contribution in [0.3, 0.4) is 0 Å². The maximum absolute atomic E-state index is 13.4. The molecule has 0 saturated carbocycles. The molecule has 0 aliphatic rings. The molecule has 1 rings (SSSR count). The third-order valence-corrected chi connectivity index (χ3v) is 3.20. The van der Waals surface area contributed by atoms with Gasteiger partial charge in [-0.2, -0.15) is 26.3 Å². The topological polar surface area (TPSA) is 109 Å². The number of ketones is 2. The molecule has 0 atom stereocenters. The number of Topliss-reactive ketones (excluding diaryl/α,β-unsaturated/α-hetero) is 2. The molecule has 0 aliphatic heterocycles. The average Bonchev–Trinajstić information content (AvgIpc) is 2.41. The summed E-state index contributed by atoms with van der Waals surface area (Å²) in [7, 11) is 0. The Labute approximate surface area is 140 Å². The van der Waals surface area contributed by atoms with Crippen molar-refractivity contribution in [1.82, 2.24) is 0 Å². The Morgan fingerprint density at radius 3 is 1.00 bits per heavy atom. The minimum Gasteiger partial charge on any atom is -0.478 e. The third kappa shape index (κ3) is 3.53. The number of alkyl halides is 6. The zero-order valence-electron chi connectivity index (χ0n) is 12.8. The fraction of sp³-hybridized carbons (Fsp3) is 0.286. The molecule has 0 unspecified atom stereocenters. The SMILES string of the molecule is CC(=O)c1c(C(=O)O)c(C(F)(F)F)c(C(=O)O)c(C(C)=O)c1C(F)(F)F. The van der Waals surface area contributed by atoms with Gasteiger partial charge in [0.15, 0.2) is 11.6 Å². The van der Waals surface area contributed by atoms with Gasteiger partial charge in [0.05, 0.1) is 22.3 Å². The quantitative estimate of drug-likeness (QED) is 0.605. The largest absolute Gasteiger partial charge is 0.478 e. The summed E-state index contributed by atoms with van der Waals surface area (Å²) in [5.74, 6) is -8.68. The highest BCUT2D eigenvalue weighted by molar-refractivity contribution is 6.15. The molecule has 1 aromatic rings. The van der Waals surface area contributed by atoms with E-state index < -0.39 is 69.2 Å². The summed E-state index contributed by atoms with van der Waals surface area (Å²) in [4.78, 5) is 45.6. The summed E-state index contributed by atoms with van der Waals surface area (Å²) in [6.45, 7) is 0.725. The Kier molecular flexibility index (Phi) is 5.22. The van der Waals surface area contributed by atoms with Gasteiger partial charge in [0.1, 0.15) is 0 Å². The summed E-state index contributed by atoms with van der Waals surface area (Å²) in [6.07, 6.45) is -11.5. The van der Waals surface area contributed by atoms with Gasteiger partial charge in [-0.25, -0.2) is 9.59 Å². The number of carbonyl (C=O) groups is 4. The van der Waals surface area contributed by atoms with Gasteiger partial charge in [0, 0.05) is 11.1 Å². The molecule has 0 amide bonds. The number of hydrogen-bond acceptors (Lipinski definition) is 4. The van der Waals surface area contributed by atoms with Crippen molar-refractivity contribution in [2.24, 2.45) is 0 Å². The molecule has 0 bridgehead atoms. The first kappa shape index (κ1) is 21.1. The predicted octanol–water partition coefficient (Wildman–Crippen LogP) is 3.53. The second-order valence-electron chi connectivity index (χ2n) is 4.97. The molecular formula is C14H8F6O6. The molecule has 142 valence electrons. The van der Waals surface area contributed by atoms with E-state index in [1.165, 1.54) is 0 Å². The van der Waals surface area contributed by atoms with Gasteiger partial charge in [-0.05, 0) is 13.8 Å². The second-order valence-corrected chi connectivity index (χ2v) is 4.97. The number of rotatable bonds is 4. The lowest BCUT2D eigenvalue weighted by Gasteiger charge is -2.23. The third-order valence-electron chi connectivity index (χ3n) is 3.20. The first-order valence-electron chi connectivity index (χ1n) is 6.40. The van der Waals surface area contributed by atoms with Crippen molar-refractivity contribution in [3.8, 4) is 0 Å². The van der Waals surface area contributed by atoms with E-state index in [1.54, 1.807) is 0 Å². The highest BCUT2D eigenvalue weighted by Crippen LogP contribution is 2.45. The van der Waals surface area contributed by atoms with Crippen molar-refractivity contribution < 1.29 is 55.7 Å². The van der Waals surface area contributed by atoms with Gasteiger partial charge in [0.25, 0.3) is 0 Å². The molecule has 26 heavy (non-hydrogen) atoms. The molecular weight excluding hydrogens is 378 g/mol. The standard InChI is InChI=1S/C14H8F6O6/c1-3(21)5-7(11(23)24)10(14(18,19)20)8(12(25)26)6(4(2)22)9(5)13(15,16)17/h1-2H3,(H,23,24)(H,25,26). The van der Waals surface area contributed by atoms with Crippen LogP contribution in [0.15, 0.2) is 0 Å². The number of carboxylic acids is 2. The van der Waals surface area contributed by atoms with Crippen LogP contribution in [0.5, 0.6) is 0 Å². The van der Waals surface area contributed by atoms with E-state index in [-0.39, 0.29) is 0 Å². The van der Waals surface area contributed by atoms with E-state index in [2.05, 4.69) is 0 Å². The van der Waals surface area contributed by atoms with Crippen molar-refractivity contribution in [3.63, 3.8) is 0 Å². The maximum atomic E-state index is 13.4. The first-order valence-corrected chi connectivity index (χ1v) is 6.40. The van der Waals surface area contributed by atoms with Gasteiger partial charge in [-0.1, -0.05) is 0 Å². The predicted molar refractivity (Wildman–Crippen MR) is 70.4 cm³/mol. The highest BCUT2D eigenvalue weighted by atomic mass is 19.4. The van der Waals surface area contributed by atoms with Gasteiger partial charge < -0.3 is 10.2 Å².